The molecule has 0 aromatic rings. The zero-order chi connectivity index (χ0) is 10.3. The molecular formula is C6H14N2O4S. The van der Waals surface area contributed by atoms with Crippen LogP contribution in [0.25, 0.3) is 0 Å². The standard InChI is InChI=1S/C6H14N2O4S/c7-6(10)2-5-13(11,12)8-3-1-4-9/h4,6,8,10H,1-3,5,7H2. The fourth-order valence-corrected chi connectivity index (χ4v) is 1.75. The summed E-state index contributed by atoms with van der Waals surface area (Å²) < 4.78 is 24.2. The minimum absolute atomic E-state index is 0.0174. The van der Waals surface area contributed by atoms with Gasteiger partial charge in [-0.15, -0.1) is 0 Å². The number of hydrogen-bond acceptors (Lipinski definition) is 5. The van der Waals surface area contributed by atoms with Crippen molar-refractivity contribution in [3.8, 4) is 0 Å². The zero-order valence-electron chi connectivity index (χ0n) is 7.14. The summed E-state index contributed by atoms with van der Waals surface area (Å²) in [5.74, 6) is -0.233. The molecule has 0 aromatic heterocycles. The Bertz CT molecular complexity index is 237. The molecule has 6 nitrogen and oxygen atoms in total. The number of nitrogens with two attached hydrogens (primary N) is 1. The number of carbonyl (C=O) groups excluding carboxylic acids is 1. The van der Waals surface area contributed by atoms with Gasteiger partial charge in [0.15, 0.2) is 0 Å². The Morgan fingerprint density at radius 1 is 1.54 bits per heavy atom. The second-order valence-corrected chi connectivity index (χ2v) is 4.45. The van der Waals surface area contributed by atoms with Crippen LogP contribution in [0.2, 0.25) is 0 Å². The Morgan fingerprint density at radius 2 is 2.15 bits per heavy atom. The molecule has 0 amide bonds. The van der Waals surface area contributed by atoms with Crippen LogP contribution in [0.5, 0.6) is 0 Å². The van der Waals surface area contributed by atoms with Gasteiger partial charge in [-0.1, -0.05) is 0 Å². The first-order chi connectivity index (χ1) is 5.98. The van der Waals surface area contributed by atoms with E-state index < -0.39 is 16.3 Å². The van der Waals surface area contributed by atoms with E-state index in [0.29, 0.717) is 6.29 Å². The Hall–Kier alpha value is -0.500. The molecular weight excluding hydrogens is 196 g/mol. The number of rotatable bonds is 7. The van der Waals surface area contributed by atoms with Crippen LogP contribution in [0, 0.1) is 0 Å². The molecule has 78 valence electrons. The lowest BCUT2D eigenvalue weighted by Crippen LogP contribution is -2.31. The van der Waals surface area contributed by atoms with Crippen molar-refractivity contribution < 1.29 is 18.3 Å². The monoisotopic (exact) mass is 210 g/mol. The first-order valence-electron chi connectivity index (χ1n) is 3.82. The normalized spacial score (nSPS) is 14.0. The van der Waals surface area contributed by atoms with Gasteiger partial charge in [-0.2, -0.15) is 0 Å². The van der Waals surface area contributed by atoms with Gasteiger partial charge in [-0.3, -0.25) is 0 Å². The molecule has 4 N–H and O–H groups in total. The quantitative estimate of drug-likeness (QED) is 0.260. The van der Waals surface area contributed by atoms with E-state index >= 15 is 0 Å². The Labute approximate surface area is 77.2 Å². The van der Waals surface area contributed by atoms with E-state index in [9.17, 15) is 13.2 Å². The summed E-state index contributed by atoms with van der Waals surface area (Å²) in [5.41, 5.74) is 4.96. The first kappa shape index (κ1) is 12.5. The number of hydrogen-bond donors (Lipinski definition) is 3. The van der Waals surface area contributed by atoms with Crippen LogP contribution in [0.1, 0.15) is 12.8 Å². The Morgan fingerprint density at radius 3 is 2.62 bits per heavy atom. The van der Waals surface area contributed by atoms with Crippen molar-refractivity contribution in [2.45, 2.75) is 19.1 Å². The van der Waals surface area contributed by atoms with Gasteiger partial charge in [0.1, 0.15) is 12.5 Å². The zero-order valence-corrected chi connectivity index (χ0v) is 7.96. The highest BCUT2D eigenvalue weighted by molar-refractivity contribution is 7.89. The number of aliphatic hydroxyl groups is 1. The predicted octanol–water partition coefficient (Wildman–Crippen LogP) is -1.84. The lowest BCUT2D eigenvalue weighted by Gasteiger charge is -2.06. The summed E-state index contributed by atoms with van der Waals surface area (Å²) in [6.07, 6.45) is -0.371. The molecule has 0 saturated carbocycles. The molecule has 0 aliphatic heterocycles. The molecule has 0 saturated heterocycles. The summed E-state index contributed by atoms with van der Waals surface area (Å²) in [4.78, 5) is 9.86. The molecule has 0 aliphatic rings. The topological polar surface area (TPSA) is 109 Å². The maximum Gasteiger partial charge on any atom is 0.211 e. The van der Waals surface area contributed by atoms with Gasteiger partial charge in [0.25, 0.3) is 0 Å². The molecule has 1 unspecified atom stereocenters. The Balaban J connectivity index is 3.74. The second kappa shape index (κ2) is 6.03. The van der Waals surface area contributed by atoms with Crippen LogP contribution in [0.3, 0.4) is 0 Å². The van der Waals surface area contributed by atoms with E-state index in [1.54, 1.807) is 0 Å². The van der Waals surface area contributed by atoms with Crippen LogP contribution in [-0.4, -0.2) is 38.3 Å². The largest absolute Gasteiger partial charge is 0.379 e. The van der Waals surface area contributed by atoms with Crippen molar-refractivity contribution in [3.05, 3.63) is 0 Å². The summed E-state index contributed by atoms with van der Waals surface area (Å²) in [6.45, 7) is 0.0898. The highest BCUT2D eigenvalue weighted by Gasteiger charge is 2.10. The Kier molecular flexibility index (Phi) is 5.80. The fourth-order valence-electron chi connectivity index (χ4n) is 0.621. The lowest BCUT2D eigenvalue weighted by atomic mass is 10.4. The van der Waals surface area contributed by atoms with E-state index in [1.165, 1.54) is 0 Å². The van der Waals surface area contributed by atoms with Gasteiger partial charge < -0.3 is 15.6 Å². The molecule has 0 heterocycles. The van der Waals surface area contributed by atoms with E-state index in [0.717, 1.165) is 0 Å². The van der Waals surface area contributed by atoms with Crippen molar-refractivity contribution in [2.75, 3.05) is 12.3 Å². The van der Waals surface area contributed by atoms with E-state index in [1.807, 2.05) is 0 Å². The summed E-state index contributed by atoms with van der Waals surface area (Å²) in [5, 5.41) is 8.62. The highest BCUT2D eigenvalue weighted by atomic mass is 32.2. The minimum Gasteiger partial charge on any atom is -0.379 e. The van der Waals surface area contributed by atoms with Crippen LogP contribution >= 0.6 is 0 Å². The molecule has 0 fully saturated rings. The third kappa shape index (κ3) is 7.85. The molecule has 0 aliphatic carbocycles. The SMILES string of the molecule is NC(O)CCS(=O)(=O)NCCC=O. The van der Waals surface area contributed by atoms with Gasteiger partial charge in [-0.05, 0) is 0 Å². The van der Waals surface area contributed by atoms with E-state index in [-0.39, 0.29) is 25.1 Å². The number of nitrogens with one attached hydrogen (secondary N) is 1. The number of sulfonamides is 1. The van der Waals surface area contributed by atoms with Crippen molar-refractivity contribution in [3.63, 3.8) is 0 Å². The number of aldehydes is 1. The summed E-state index contributed by atoms with van der Waals surface area (Å²) >= 11 is 0. The lowest BCUT2D eigenvalue weighted by molar-refractivity contribution is -0.107. The number of aliphatic hydroxyl groups excluding tert-OH is 1. The number of carbonyl (C=O) groups is 1. The van der Waals surface area contributed by atoms with Crippen molar-refractivity contribution in [1.29, 1.82) is 0 Å². The molecule has 0 rings (SSSR count). The van der Waals surface area contributed by atoms with Crippen molar-refractivity contribution in [2.24, 2.45) is 5.73 Å². The van der Waals surface area contributed by atoms with Gasteiger partial charge >= 0.3 is 0 Å². The van der Waals surface area contributed by atoms with Gasteiger partial charge in [0.2, 0.25) is 10.0 Å². The molecule has 0 aromatic carbocycles. The molecule has 1 atom stereocenters. The maximum atomic E-state index is 11.0. The predicted molar refractivity (Wildman–Crippen MR) is 47.3 cm³/mol. The van der Waals surface area contributed by atoms with Gasteiger partial charge in [0, 0.05) is 19.4 Å². The molecule has 13 heavy (non-hydrogen) atoms. The van der Waals surface area contributed by atoms with E-state index in [4.69, 9.17) is 10.8 Å². The second-order valence-electron chi connectivity index (χ2n) is 2.52. The molecule has 7 heteroatoms. The summed E-state index contributed by atoms with van der Waals surface area (Å²) in [6, 6.07) is 0. The highest BCUT2D eigenvalue weighted by Crippen LogP contribution is 1.91. The molecule has 0 radical (unpaired) electrons. The average molecular weight is 210 g/mol. The van der Waals surface area contributed by atoms with Crippen molar-refractivity contribution in [1.82, 2.24) is 4.72 Å². The van der Waals surface area contributed by atoms with E-state index in [2.05, 4.69) is 4.72 Å². The van der Waals surface area contributed by atoms with Crippen molar-refractivity contribution >= 4 is 16.3 Å². The maximum absolute atomic E-state index is 11.0. The van der Waals surface area contributed by atoms with Gasteiger partial charge in [0.05, 0.1) is 5.75 Å². The minimum atomic E-state index is -3.40. The fraction of sp³-hybridized carbons (Fsp3) is 0.833. The van der Waals surface area contributed by atoms with Crippen LogP contribution in [0.15, 0.2) is 0 Å². The molecule has 0 bridgehead atoms. The van der Waals surface area contributed by atoms with Gasteiger partial charge in [-0.25, -0.2) is 13.1 Å². The third-order valence-corrected chi connectivity index (χ3v) is 2.68. The first-order valence-corrected chi connectivity index (χ1v) is 5.48. The average Bonchev–Trinajstić information content (AvgIpc) is 2.02. The smallest absolute Gasteiger partial charge is 0.211 e. The third-order valence-electron chi connectivity index (χ3n) is 1.27. The molecule has 0 spiro atoms. The summed E-state index contributed by atoms with van der Waals surface area (Å²) in [7, 11) is -3.40. The van der Waals surface area contributed by atoms with Crippen LogP contribution in [-0.2, 0) is 14.8 Å². The van der Waals surface area contributed by atoms with Crippen LogP contribution < -0.4 is 10.5 Å². The van der Waals surface area contributed by atoms with Crippen LogP contribution in [0.4, 0.5) is 0 Å².